The molecule has 0 aromatic rings. The van der Waals surface area contributed by atoms with Gasteiger partial charge in [-0.2, -0.15) is 12.6 Å². The van der Waals surface area contributed by atoms with Gasteiger partial charge in [-0.15, -0.1) is 0 Å². The first kappa shape index (κ1) is 24.6. The minimum Gasteiger partial charge on any atom is -0.465 e. The fourth-order valence-corrected chi connectivity index (χ4v) is 2.89. The van der Waals surface area contributed by atoms with Crippen LogP contribution in [0.2, 0.25) is 0 Å². The Kier molecular flexibility index (Phi) is 19.5. The molecule has 0 fully saturated rings. The van der Waals surface area contributed by atoms with Crippen molar-refractivity contribution in [3.8, 4) is 0 Å². The van der Waals surface area contributed by atoms with E-state index in [4.69, 9.17) is 4.74 Å². The molecule has 0 radical (unpaired) electrons. The smallest absolute Gasteiger partial charge is 0.309 e. The monoisotopic (exact) mass is 370 g/mol. The lowest BCUT2D eigenvalue weighted by atomic mass is 10.1. The highest BCUT2D eigenvalue weighted by Gasteiger charge is 2.11. The number of carbonyl (C=O) groups excluding carboxylic acids is 1. The number of unbranched alkanes of at least 4 members (excludes halogenated alkanes) is 12. The minimum atomic E-state index is -0.109. The van der Waals surface area contributed by atoms with Crippen molar-refractivity contribution in [2.45, 2.75) is 104 Å². The van der Waals surface area contributed by atoms with Gasteiger partial charge in [0.1, 0.15) is 0 Å². The fraction of sp³-hybridized carbons (Fsp3) is 0.864. The van der Waals surface area contributed by atoms with E-state index >= 15 is 0 Å². The molecule has 148 valence electrons. The van der Waals surface area contributed by atoms with Gasteiger partial charge in [0.05, 0.1) is 12.5 Å². The molecule has 0 bridgehead atoms. The van der Waals surface area contributed by atoms with Crippen LogP contribution in [0.1, 0.15) is 104 Å². The molecule has 0 amide bonds. The van der Waals surface area contributed by atoms with Crippen LogP contribution in [0.15, 0.2) is 12.2 Å². The van der Waals surface area contributed by atoms with Crippen molar-refractivity contribution in [1.82, 2.24) is 0 Å². The van der Waals surface area contributed by atoms with Crippen molar-refractivity contribution >= 4 is 18.6 Å². The van der Waals surface area contributed by atoms with Crippen molar-refractivity contribution in [3.05, 3.63) is 12.2 Å². The van der Waals surface area contributed by atoms with Gasteiger partial charge in [-0.25, -0.2) is 0 Å². The normalized spacial score (nSPS) is 12.6. The van der Waals surface area contributed by atoms with Crippen LogP contribution < -0.4 is 0 Å². The van der Waals surface area contributed by atoms with Crippen LogP contribution in [0.5, 0.6) is 0 Å². The molecule has 0 N–H and O–H groups in total. The first-order valence-corrected chi connectivity index (χ1v) is 11.3. The number of rotatable bonds is 18. The third-order valence-corrected chi connectivity index (χ3v) is 5.12. The van der Waals surface area contributed by atoms with Gasteiger partial charge in [0.2, 0.25) is 0 Å². The molecule has 0 aromatic carbocycles. The highest BCUT2D eigenvalue weighted by Crippen LogP contribution is 2.10. The Hall–Kier alpha value is -0.440. The number of allylic oxidation sites excluding steroid dienone is 2. The molecule has 1 atom stereocenters. The molecular formula is C22H42O2S. The summed E-state index contributed by atoms with van der Waals surface area (Å²) >= 11 is 4.11. The zero-order chi connectivity index (χ0) is 18.6. The second-order valence-corrected chi connectivity index (χ2v) is 7.55. The second kappa shape index (κ2) is 19.9. The van der Waals surface area contributed by atoms with E-state index in [0.29, 0.717) is 12.4 Å². The van der Waals surface area contributed by atoms with Gasteiger partial charge in [-0.05, 0) is 32.1 Å². The SMILES string of the molecule is CCCCCCCC/C=C\CCCCCCCCOC(=O)C(C)CS. The Morgan fingerprint density at radius 1 is 0.840 bits per heavy atom. The summed E-state index contributed by atoms with van der Waals surface area (Å²) in [4.78, 5) is 11.5. The van der Waals surface area contributed by atoms with Gasteiger partial charge in [0.15, 0.2) is 0 Å². The maximum atomic E-state index is 11.5. The highest BCUT2D eigenvalue weighted by atomic mass is 32.1. The minimum absolute atomic E-state index is 0.0857. The third kappa shape index (κ3) is 18.2. The lowest BCUT2D eigenvalue weighted by molar-refractivity contribution is -0.147. The van der Waals surface area contributed by atoms with Crippen molar-refractivity contribution in [2.24, 2.45) is 5.92 Å². The van der Waals surface area contributed by atoms with E-state index in [9.17, 15) is 4.79 Å². The average molecular weight is 371 g/mol. The molecule has 0 heterocycles. The topological polar surface area (TPSA) is 26.3 Å². The maximum absolute atomic E-state index is 11.5. The number of thiol groups is 1. The van der Waals surface area contributed by atoms with Crippen LogP contribution in [0.25, 0.3) is 0 Å². The Morgan fingerprint density at radius 2 is 1.32 bits per heavy atom. The lowest BCUT2D eigenvalue weighted by Crippen LogP contribution is -2.16. The largest absolute Gasteiger partial charge is 0.465 e. The van der Waals surface area contributed by atoms with Crippen LogP contribution in [-0.2, 0) is 9.53 Å². The van der Waals surface area contributed by atoms with Crippen LogP contribution in [-0.4, -0.2) is 18.3 Å². The summed E-state index contributed by atoms with van der Waals surface area (Å²) in [5, 5.41) is 0. The molecule has 0 aliphatic heterocycles. The second-order valence-electron chi connectivity index (χ2n) is 7.19. The highest BCUT2D eigenvalue weighted by molar-refractivity contribution is 7.80. The lowest BCUT2D eigenvalue weighted by Gasteiger charge is -2.08. The van der Waals surface area contributed by atoms with Crippen molar-refractivity contribution in [2.75, 3.05) is 12.4 Å². The zero-order valence-corrected chi connectivity index (χ0v) is 17.7. The summed E-state index contributed by atoms with van der Waals surface area (Å²) in [6.45, 7) is 4.70. The summed E-state index contributed by atoms with van der Waals surface area (Å²) in [6.07, 6.45) is 22.9. The van der Waals surface area contributed by atoms with Crippen LogP contribution in [0, 0.1) is 5.92 Å². The van der Waals surface area contributed by atoms with E-state index in [1.54, 1.807) is 0 Å². The summed E-state index contributed by atoms with van der Waals surface area (Å²) in [5.74, 6) is 0.367. The molecule has 2 nitrogen and oxygen atoms in total. The van der Waals surface area contributed by atoms with E-state index in [1.807, 2.05) is 6.92 Å². The van der Waals surface area contributed by atoms with E-state index < -0.39 is 0 Å². The number of esters is 1. The predicted octanol–water partition coefficient (Wildman–Crippen LogP) is 7.13. The molecule has 0 aromatic heterocycles. The molecular weight excluding hydrogens is 328 g/mol. The van der Waals surface area contributed by atoms with Crippen molar-refractivity contribution < 1.29 is 9.53 Å². The zero-order valence-electron chi connectivity index (χ0n) is 16.8. The van der Waals surface area contributed by atoms with Gasteiger partial charge >= 0.3 is 5.97 Å². The van der Waals surface area contributed by atoms with Gasteiger partial charge in [0, 0.05) is 5.75 Å². The molecule has 1 unspecified atom stereocenters. The maximum Gasteiger partial charge on any atom is 0.309 e. The van der Waals surface area contributed by atoms with E-state index in [-0.39, 0.29) is 11.9 Å². The van der Waals surface area contributed by atoms with Crippen LogP contribution in [0.3, 0.4) is 0 Å². The molecule has 0 aliphatic rings. The van der Waals surface area contributed by atoms with Crippen LogP contribution in [0.4, 0.5) is 0 Å². The van der Waals surface area contributed by atoms with E-state index in [0.717, 1.165) is 12.8 Å². The van der Waals surface area contributed by atoms with Gasteiger partial charge in [-0.3, -0.25) is 4.79 Å². The molecule has 0 saturated heterocycles. The number of ether oxygens (including phenoxy) is 1. The molecule has 0 rings (SSSR count). The average Bonchev–Trinajstić information content (AvgIpc) is 2.63. The summed E-state index contributed by atoms with van der Waals surface area (Å²) in [5.41, 5.74) is 0. The molecule has 25 heavy (non-hydrogen) atoms. The molecule has 0 spiro atoms. The number of carbonyl (C=O) groups is 1. The van der Waals surface area contributed by atoms with Gasteiger partial charge < -0.3 is 4.74 Å². The summed E-state index contributed by atoms with van der Waals surface area (Å²) < 4.78 is 5.22. The number of hydrogen-bond donors (Lipinski definition) is 1. The standard InChI is InChI=1S/C22H42O2S/c1-3-4-5-6-7-8-9-10-11-12-13-14-15-16-17-18-19-24-22(23)21(2)20-25/h10-11,21,25H,3-9,12-20H2,1-2H3/b11-10-. The molecule has 0 aliphatic carbocycles. The third-order valence-electron chi connectivity index (χ3n) is 4.58. The first-order valence-electron chi connectivity index (χ1n) is 10.6. The Balaban J connectivity index is 3.18. The van der Waals surface area contributed by atoms with Crippen LogP contribution >= 0.6 is 12.6 Å². The summed E-state index contributed by atoms with van der Waals surface area (Å²) in [6, 6.07) is 0. The first-order chi connectivity index (χ1) is 12.2. The Bertz CT molecular complexity index is 315. The van der Waals surface area contributed by atoms with E-state index in [1.165, 1.54) is 77.0 Å². The predicted molar refractivity (Wildman–Crippen MR) is 113 cm³/mol. The molecule has 3 heteroatoms. The van der Waals surface area contributed by atoms with E-state index in [2.05, 4.69) is 31.7 Å². The number of hydrogen-bond acceptors (Lipinski definition) is 3. The van der Waals surface area contributed by atoms with Gasteiger partial charge in [0.25, 0.3) is 0 Å². The Morgan fingerprint density at radius 3 is 1.84 bits per heavy atom. The van der Waals surface area contributed by atoms with Crippen molar-refractivity contribution in [3.63, 3.8) is 0 Å². The fourth-order valence-electron chi connectivity index (χ4n) is 2.74. The Labute approximate surface area is 162 Å². The van der Waals surface area contributed by atoms with Gasteiger partial charge in [-0.1, -0.05) is 83.8 Å². The quantitative estimate of drug-likeness (QED) is 0.120. The molecule has 0 saturated carbocycles. The van der Waals surface area contributed by atoms with Crippen molar-refractivity contribution in [1.29, 1.82) is 0 Å². The summed E-state index contributed by atoms with van der Waals surface area (Å²) in [7, 11) is 0.